The fourth-order valence-corrected chi connectivity index (χ4v) is 1.47. The van der Waals surface area contributed by atoms with Crippen LogP contribution in [0, 0.1) is 0 Å². The number of hydrogen-bond acceptors (Lipinski definition) is 4. The Hall–Kier alpha value is -1.43. The van der Waals surface area contributed by atoms with Crippen molar-refractivity contribution in [3.05, 3.63) is 28.8 Å². The molecule has 0 N–H and O–H groups in total. The number of halogens is 1. The van der Waals surface area contributed by atoms with Crippen LogP contribution in [-0.2, 0) is 4.74 Å². The first-order chi connectivity index (χ1) is 6.72. The van der Waals surface area contributed by atoms with Crippen LogP contribution < -0.4 is 0 Å². The van der Waals surface area contributed by atoms with Gasteiger partial charge in [-0.05, 0) is 28.1 Å². The van der Waals surface area contributed by atoms with Crippen LogP contribution in [0.15, 0.2) is 22.9 Å². The Bertz CT molecular complexity index is 494. The summed E-state index contributed by atoms with van der Waals surface area (Å²) in [7, 11) is 1.29. The highest BCUT2D eigenvalue weighted by Crippen LogP contribution is 2.13. The molecule has 0 aliphatic rings. The normalized spacial score (nSPS) is 10.4. The fourth-order valence-electron chi connectivity index (χ4n) is 1.05. The summed E-state index contributed by atoms with van der Waals surface area (Å²) >= 11 is 3.29. The van der Waals surface area contributed by atoms with Gasteiger partial charge >= 0.3 is 5.97 Å². The third-order valence-corrected chi connectivity index (χ3v) is 2.32. The van der Waals surface area contributed by atoms with Crippen molar-refractivity contribution in [3.63, 3.8) is 0 Å². The van der Waals surface area contributed by atoms with E-state index in [1.165, 1.54) is 7.11 Å². The second kappa shape index (κ2) is 3.38. The zero-order chi connectivity index (χ0) is 10.1. The van der Waals surface area contributed by atoms with E-state index < -0.39 is 5.97 Å². The van der Waals surface area contributed by atoms with Crippen LogP contribution in [-0.4, -0.2) is 27.7 Å². The molecule has 0 spiro atoms. The summed E-state index contributed by atoms with van der Waals surface area (Å²) in [4.78, 5) is 15.0. The summed E-state index contributed by atoms with van der Waals surface area (Å²) in [6.45, 7) is 0. The van der Waals surface area contributed by atoms with Crippen molar-refractivity contribution in [2.75, 3.05) is 7.11 Å². The Morgan fingerprint density at radius 1 is 1.57 bits per heavy atom. The van der Waals surface area contributed by atoms with Gasteiger partial charge in [0.1, 0.15) is 4.60 Å². The van der Waals surface area contributed by atoms with Crippen LogP contribution in [0.3, 0.4) is 0 Å². The molecule has 0 bridgehead atoms. The molecule has 0 aliphatic heterocycles. The Morgan fingerprint density at radius 3 is 3.07 bits per heavy atom. The van der Waals surface area contributed by atoms with Crippen molar-refractivity contribution in [3.8, 4) is 0 Å². The van der Waals surface area contributed by atoms with Crippen molar-refractivity contribution in [2.45, 2.75) is 0 Å². The number of esters is 1. The number of ether oxygens (including phenoxy) is 1. The smallest absolute Gasteiger partial charge is 0.377 e. The van der Waals surface area contributed by atoms with Gasteiger partial charge in [0.15, 0.2) is 0 Å². The largest absolute Gasteiger partial charge is 0.463 e. The molecule has 0 radical (unpaired) electrons. The van der Waals surface area contributed by atoms with E-state index in [-0.39, 0.29) is 5.82 Å². The standard InChI is InChI=1S/C8H6BrN3O2/c1-14-8(13)7-10-4-5-2-3-6(9)12(5)11-7/h2-4H,1H3. The lowest BCUT2D eigenvalue weighted by molar-refractivity contribution is 0.0584. The molecular weight excluding hydrogens is 250 g/mol. The van der Waals surface area contributed by atoms with Crippen molar-refractivity contribution in [1.82, 2.24) is 14.6 Å². The van der Waals surface area contributed by atoms with Gasteiger partial charge in [-0.3, -0.25) is 0 Å². The number of nitrogens with zero attached hydrogens (tertiary/aromatic N) is 3. The molecule has 0 saturated heterocycles. The monoisotopic (exact) mass is 255 g/mol. The van der Waals surface area contributed by atoms with E-state index in [0.717, 1.165) is 10.1 Å². The second-order valence-corrected chi connectivity index (χ2v) is 3.38. The van der Waals surface area contributed by atoms with E-state index >= 15 is 0 Å². The van der Waals surface area contributed by atoms with Crippen LogP contribution >= 0.6 is 15.9 Å². The predicted octanol–water partition coefficient (Wildman–Crippen LogP) is 1.28. The molecule has 0 unspecified atom stereocenters. The number of hydrogen-bond donors (Lipinski definition) is 0. The SMILES string of the molecule is COC(=O)c1ncc2ccc(Br)n2n1. The Morgan fingerprint density at radius 2 is 2.36 bits per heavy atom. The molecule has 2 aromatic heterocycles. The average molecular weight is 256 g/mol. The van der Waals surface area contributed by atoms with Gasteiger partial charge in [-0.2, -0.15) is 0 Å². The quantitative estimate of drug-likeness (QED) is 0.721. The fraction of sp³-hybridized carbons (Fsp3) is 0.125. The molecule has 0 amide bonds. The van der Waals surface area contributed by atoms with Crippen LogP contribution in [0.2, 0.25) is 0 Å². The summed E-state index contributed by atoms with van der Waals surface area (Å²) in [6.07, 6.45) is 1.56. The molecule has 2 aromatic rings. The lowest BCUT2D eigenvalue weighted by Gasteiger charge is -1.99. The Kier molecular flexibility index (Phi) is 2.20. The molecule has 72 valence electrons. The van der Waals surface area contributed by atoms with Crippen molar-refractivity contribution in [2.24, 2.45) is 0 Å². The van der Waals surface area contributed by atoms with Crippen LogP contribution in [0.1, 0.15) is 10.6 Å². The first kappa shape index (κ1) is 9.14. The summed E-state index contributed by atoms with van der Waals surface area (Å²) in [5.41, 5.74) is 0.810. The summed E-state index contributed by atoms with van der Waals surface area (Å²) in [6, 6.07) is 3.66. The molecule has 0 saturated carbocycles. The molecule has 2 rings (SSSR count). The van der Waals surface area contributed by atoms with Crippen molar-refractivity contribution in [1.29, 1.82) is 0 Å². The highest BCUT2D eigenvalue weighted by Gasteiger charge is 2.10. The zero-order valence-electron chi connectivity index (χ0n) is 7.27. The maximum absolute atomic E-state index is 11.1. The van der Waals surface area contributed by atoms with Crippen LogP contribution in [0.25, 0.3) is 5.52 Å². The number of aromatic nitrogens is 3. The van der Waals surface area contributed by atoms with Gasteiger partial charge in [-0.25, -0.2) is 14.3 Å². The zero-order valence-corrected chi connectivity index (χ0v) is 8.85. The van der Waals surface area contributed by atoms with Gasteiger partial charge in [0.25, 0.3) is 5.82 Å². The molecule has 2 heterocycles. The summed E-state index contributed by atoms with van der Waals surface area (Å²) in [5, 5.41) is 3.99. The van der Waals surface area contributed by atoms with Gasteiger partial charge in [0.05, 0.1) is 18.8 Å². The maximum atomic E-state index is 11.1. The molecule has 0 aromatic carbocycles. The van der Waals surface area contributed by atoms with Gasteiger partial charge in [0, 0.05) is 0 Å². The molecule has 0 aliphatic carbocycles. The lowest BCUT2D eigenvalue weighted by Crippen LogP contribution is -2.10. The molecule has 0 atom stereocenters. The van der Waals surface area contributed by atoms with Gasteiger partial charge < -0.3 is 4.74 Å². The van der Waals surface area contributed by atoms with E-state index in [0.29, 0.717) is 0 Å². The maximum Gasteiger partial charge on any atom is 0.377 e. The molecule has 14 heavy (non-hydrogen) atoms. The van der Waals surface area contributed by atoms with E-state index in [9.17, 15) is 4.79 Å². The number of carbonyl (C=O) groups excluding carboxylic acids is 1. The first-order valence-corrected chi connectivity index (χ1v) is 4.60. The van der Waals surface area contributed by atoms with Gasteiger partial charge in [-0.15, -0.1) is 5.10 Å². The minimum atomic E-state index is -0.549. The minimum Gasteiger partial charge on any atom is -0.463 e. The van der Waals surface area contributed by atoms with E-state index in [1.54, 1.807) is 10.7 Å². The van der Waals surface area contributed by atoms with Crippen molar-refractivity contribution >= 4 is 27.4 Å². The Balaban J connectivity index is 2.60. The van der Waals surface area contributed by atoms with E-state index in [4.69, 9.17) is 0 Å². The second-order valence-electron chi connectivity index (χ2n) is 2.57. The molecule has 6 heteroatoms. The number of fused-ring (bicyclic) bond motifs is 1. The van der Waals surface area contributed by atoms with E-state index in [1.807, 2.05) is 12.1 Å². The third kappa shape index (κ3) is 1.37. The summed E-state index contributed by atoms with van der Waals surface area (Å²) in [5.74, 6) is -0.510. The Labute approximate surface area is 87.8 Å². The number of methoxy groups -OCH3 is 1. The topological polar surface area (TPSA) is 56.5 Å². The third-order valence-electron chi connectivity index (χ3n) is 1.72. The number of carbonyl (C=O) groups is 1. The molecule has 0 fully saturated rings. The van der Waals surface area contributed by atoms with E-state index in [2.05, 4.69) is 30.7 Å². The molecular formula is C8H6BrN3O2. The van der Waals surface area contributed by atoms with Crippen LogP contribution in [0.4, 0.5) is 0 Å². The van der Waals surface area contributed by atoms with Gasteiger partial charge in [-0.1, -0.05) is 0 Å². The van der Waals surface area contributed by atoms with Crippen LogP contribution in [0.5, 0.6) is 0 Å². The first-order valence-electron chi connectivity index (χ1n) is 3.81. The van der Waals surface area contributed by atoms with Gasteiger partial charge in [0.2, 0.25) is 0 Å². The summed E-state index contributed by atoms with van der Waals surface area (Å²) < 4.78 is 6.84. The van der Waals surface area contributed by atoms with Crippen molar-refractivity contribution < 1.29 is 9.53 Å². The average Bonchev–Trinajstić information content (AvgIpc) is 2.59. The number of rotatable bonds is 1. The highest BCUT2D eigenvalue weighted by atomic mass is 79.9. The molecule has 5 nitrogen and oxygen atoms in total. The lowest BCUT2D eigenvalue weighted by atomic mass is 10.5. The highest BCUT2D eigenvalue weighted by molar-refractivity contribution is 9.10. The minimum absolute atomic E-state index is 0.0388. The predicted molar refractivity (Wildman–Crippen MR) is 52.0 cm³/mol.